The molecule has 2 aliphatic rings. The smallest absolute Gasteiger partial charge is 0.227 e. The summed E-state index contributed by atoms with van der Waals surface area (Å²) in [6.45, 7) is 6.28. The Morgan fingerprint density at radius 2 is 2.08 bits per heavy atom. The molecule has 1 aliphatic heterocycles. The number of fused-ring (bicyclic) bond motifs is 1. The SMILES string of the molecule is CCCCn1c(C)c(CC(=O)N2CCCC(O)C2)c2c1CCCC2=O. The number of unbranched alkanes of at least 4 members (excludes halogenated alkanes) is 1. The summed E-state index contributed by atoms with van der Waals surface area (Å²) in [5.41, 5.74) is 3.98. The minimum absolute atomic E-state index is 0.0377. The van der Waals surface area contributed by atoms with Crippen molar-refractivity contribution in [1.29, 1.82) is 0 Å². The monoisotopic (exact) mass is 346 g/mol. The van der Waals surface area contributed by atoms with Gasteiger partial charge < -0.3 is 14.6 Å². The number of aliphatic hydroxyl groups is 1. The summed E-state index contributed by atoms with van der Waals surface area (Å²) >= 11 is 0. The zero-order chi connectivity index (χ0) is 18.0. The Labute approximate surface area is 150 Å². The van der Waals surface area contributed by atoms with E-state index in [1.165, 1.54) is 0 Å². The van der Waals surface area contributed by atoms with Gasteiger partial charge in [-0.25, -0.2) is 0 Å². The number of nitrogens with zero attached hydrogens (tertiary/aromatic N) is 2. The van der Waals surface area contributed by atoms with E-state index in [9.17, 15) is 14.7 Å². The lowest BCUT2D eigenvalue weighted by molar-refractivity contribution is -0.133. The van der Waals surface area contributed by atoms with Gasteiger partial charge in [0, 0.05) is 43.0 Å². The number of likely N-dealkylation sites (tertiary alicyclic amines) is 1. The van der Waals surface area contributed by atoms with Crippen molar-refractivity contribution in [3.05, 3.63) is 22.5 Å². The van der Waals surface area contributed by atoms with Crippen molar-refractivity contribution in [2.24, 2.45) is 0 Å². The molecule has 1 N–H and O–H groups in total. The maximum Gasteiger partial charge on any atom is 0.227 e. The highest BCUT2D eigenvalue weighted by atomic mass is 16.3. The van der Waals surface area contributed by atoms with Crippen LogP contribution in [0.4, 0.5) is 0 Å². The molecule has 1 unspecified atom stereocenters. The maximum absolute atomic E-state index is 12.8. The molecule has 25 heavy (non-hydrogen) atoms. The summed E-state index contributed by atoms with van der Waals surface area (Å²) in [6.07, 6.45) is 6.12. The lowest BCUT2D eigenvalue weighted by Gasteiger charge is -2.30. The second kappa shape index (κ2) is 7.73. The van der Waals surface area contributed by atoms with Crippen molar-refractivity contribution in [1.82, 2.24) is 9.47 Å². The third-order valence-corrected chi connectivity index (χ3v) is 5.67. The Balaban J connectivity index is 1.88. The minimum atomic E-state index is -0.413. The number of β-amino-alcohol motifs (C(OH)–C–C–N with tert-alkyl or cyclic N) is 1. The fourth-order valence-corrected chi connectivity index (χ4v) is 4.27. The van der Waals surface area contributed by atoms with Crippen LogP contribution in [0, 0.1) is 6.92 Å². The summed E-state index contributed by atoms with van der Waals surface area (Å²) in [5, 5.41) is 9.83. The third kappa shape index (κ3) is 3.66. The first-order chi connectivity index (χ1) is 12.0. The molecule has 0 spiro atoms. The van der Waals surface area contributed by atoms with E-state index in [0.29, 0.717) is 19.5 Å². The summed E-state index contributed by atoms with van der Waals surface area (Å²) in [5.74, 6) is 0.233. The molecule has 1 aliphatic carbocycles. The zero-order valence-electron chi connectivity index (χ0n) is 15.5. The predicted octanol–water partition coefficient (Wildman–Crippen LogP) is 2.64. The van der Waals surface area contributed by atoms with Crippen molar-refractivity contribution in [3.8, 4) is 0 Å². The van der Waals surface area contributed by atoms with Gasteiger partial charge in [0.25, 0.3) is 0 Å². The molecule has 0 bridgehead atoms. The normalized spacial score (nSPS) is 20.7. The van der Waals surface area contributed by atoms with Gasteiger partial charge in [0.2, 0.25) is 5.91 Å². The van der Waals surface area contributed by atoms with Crippen LogP contribution in [0.25, 0.3) is 0 Å². The van der Waals surface area contributed by atoms with Crippen molar-refractivity contribution < 1.29 is 14.7 Å². The van der Waals surface area contributed by atoms with E-state index in [0.717, 1.165) is 67.6 Å². The lowest BCUT2D eigenvalue weighted by atomic mass is 9.91. The number of carbonyl (C=O) groups is 2. The Morgan fingerprint density at radius 3 is 2.80 bits per heavy atom. The number of aliphatic hydroxyl groups excluding tert-OH is 1. The summed E-state index contributed by atoms with van der Waals surface area (Å²) in [7, 11) is 0. The van der Waals surface area contributed by atoms with Gasteiger partial charge in [-0.3, -0.25) is 9.59 Å². The molecule has 138 valence electrons. The highest BCUT2D eigenvalue weighted by Crippen LogP contribution is 2.31. The molecule has 1 aromatic rings. The molecule has 1 saturated heterocycles. The summed E-state index contributed by atoms with van der Waals surface area (Å²) in [6, 6.07) is 0. The van der Waals surface area contributed by atoms with Crippen LogP contribution in [-0.4, -0.2) is 45.5 Å². The molecule has 0 saturated carbocycles. The van der Waals surface area contributed by atoms with E-state index < -0.39 is 6.10 Å². The fraction of sp³-hybridized carbons (Fsp3) is 0.700. The summed E-state index contributed by atoms with van der Waals surface area (Å²) in [4.78, 5) is 27.1. The average molecular weight is 346 g/mol. The molecule has 1 amide bonds. The van der Waals surface area contributed by atoms with Crippen LogP contribution in [0.1, 0.15) is 72.8 Å². The van der Waals surface area contributed by atoms with Gasteiger partial charge >= 0.3 is 0 Å². The Hall–Kier alpha value is -1.62. The second-order valence-corrected chi connectivity index (χ2v) is 7.48. The van der Waals surface area contributed by atoms with E-state index in [-0.39, 0.29) is 18.1 Å². The molecule has 1 aromatic heterocycles. The predicted molar refractivity (Wildman–Crippen MR) is 96.9 cm³/mol. The van der Waals surface area contributed by atoms with Gasteiger partial charge in [0.15, 0.2) is 5.78 Å². The van der Waals surface area contributed by atoms with Gasteiger partial charge in [0.05, 0.1) is 12.5 Å². The molecular weight excluding hydrogens is 316 g/mol. The van der Waals surface area contributed by atoms with E-state index in [4.69, 9.17) is 0 Å². The number of hydrogen-bond acceptors (Lipinski definition) is 3. The van der Waals surface area contributed by atoms with E-state index in [1.807, 2.05) is 0 Å². The average Bonchev–Trinajstić information content (AvgIpc) is 2.86. The minimum Gasteiger partial charge on any atom is -0.391 e. The first-order valence-electron chi connectivity index (χ1n) is 9.72. The van der Waals surface area contributed by atoms with E-state index >= 15 is 0 Å². The Kier molecular flexibility index (Phi) is 5.62. The highest BCUT2D eigenvalue weighted by Gasteiger charge is 2.30. The van der Waals surface area contributed by atoms with Crippen LogP contribution < -0.4 is 0 Å². The standard InChI is InChI=1S/C20H30N2O3/c1-3-4-11-22-14(2)16(20-17(22)8-5-9-18(20)24)12-19(25)21-10-6-7-15(23)13-21/h15,23H,3-13H2,1-2H3. The van der Waals surface area contributed by atoms with Crippen molar-refractivity contribution >= 4 is 11.7 Å². The fourth-order valence-electron chi connectivity index (χ4n) is 4.27. The van der Waals surface area contributed by atoms with Crippen LogP contribution in [0.2, 0.25) is 0 Å². The number of Topliss-reactive ketones (excluding diaryl/α,β-unsaturated/α-hetero) is 1. The van der Waals surface area contributed by atoms with Crippen LogP contribution in [-0.2, 0) is 24.2 Å². The van der Waals surface area contributed by atoms with Crippen LogP contribution in [0.3, 0.4) is 0 Å². The number of ketones is 1. The maximum atomic E-state index is 12.8. The largest absolute Gasteiger partial charge is 0.391 e. The third-order valence-electron chi connectivity index (χ3n) is 5.67. The lowest BCUT2D eigenvalue weighted by Crippen LogP contribution is -2.43. The highest BCUT2D eigenvalue weighted by molar-refractivity contribution is 6.01. The quantitative estimate of drug-likeness (QED) is 0.891. The molecule has 0 radical (unpaired) electrons. The van der Waals surface area contributed by atoms with Gasteiger partial charge in [0.1, 0.15) is 0 Å². The molecule has 3 rings (SSSR count). The van der Waals surface area contributed by atoms with Gasteiger partial charge in [-0.1, -0.05) is 13.3 Å². The van der Waals surface area contributed by atoms with Crippen LogP contribution >= 0.6 is 0 Å². The Bertz CT molecular complexity index is 662. The molecule has 5 nitrogen and oxygen atoms in total. The number of piperidine rings is 1. The van der Waals surface area contributed by atoms with Gasteiger partial charge in [-0.15, -0.1) is 0 Å². The van der Waals surface area contributed by atoms with E-state index in [1.54, 1.807) is 4.90 Å². The molecular formula is C20H30N2O3. The van der Waals surface area contributed by atoms with Crippen LogP contribution in [0.15, 0.2) is 0 Å². The first-order valence-corrected chi connectivity index (χ1v) is 9.72. The van der Waals surface area contributed by atoms with Crippen molar-refractivity contribution in [2.45, 2.75) is 77.9 Å². The Morgan fingerprint density at radius 1 is 1.28 bits per heavy atom. The van der Waals surface area contributed by atoms with Crippen molar-refractivity contribution in [3.63, 3.8) is 0 Å². The second-order valence-electron chi connectivity index (χ2n) is 7.48. The van der Waals surface area contributed by atoms with Crippen LogP contribution in [0.5, 0.6) is 0 Å². The number of hydrogen-bond donors (Lipinski definition) is 1. The number of aromatic nitrogens is 1. The zero-order valence-corrected chi connectivity index (χ0v) is 15.5. The number of carbonyl (C=O) groups excluding carboxylic acids is 2. The number of rotatable bonds is 5. The molecule has 1 fully saturated rings. The summed E-state index contributed by atoms with van der Waals surface area (Å²) < 4.78 is 2.28. The van der Waals surface area contributed by atoms with Gasteiger partial charge in [-0.05, 0) is 44.6 Å². The van der Waals surface area contributed by atoms with Gasteiger partial charge in [-0.2, -0.15) is 0 Å². The molecule has 2 heterocycles. The first kappa shape index (κ1) is 18.2. The van der Waals surface area contributed by atoms with Crippen molar-refractivity contribution in [2.75, 3.05) is 13.1 Å². The van der Waals surface area contributed by atoms with E-state index in [2.05, 4.69) is 18.4 Å². The number of amides is 1. The molecule has 0 aromatic carbocycles. The topological polar surface area (TPSA) is 62.5 Å². The molecule has 5 heteroatoms. The molecule has 1 atom stereocenters.